The molecule has 0 bridgehead atoms. The number of amides is 2. The summed E-state index contributed by atoms with van der Waals surface area (Å²) in [7, 11) is 6.61. The van der Waals surface area contributed by atoms with Crippen LogP contribution in [0.5, 0.6) is 0 Å². The molecule has 1 saturated heterocycles. The summed E-state index contributed by atoms with van der Waals surface area (Å²) in [6, 6.07) is 8.13. The third-order valence-electron chi connectivity index (χ3n) is 11.3. The monoisotopic (exact) mass is 729 g/mol. The van der Waals surface area contributed by atoms with Crippen LogP contribution in [0.4, 0.5) is 0 Å². The Morgan fingerprint density at radius 2 is 1.56 bits per heavy atom. The van der Waals surface area contributed by atoms with Crippen LogP contribution in [-0.2, 0) is 39.9 Å². The van der Waals surface area contributed by atoms with E-state index in [1.165, 1.54) is 7.11 Å². The summed E-state index contributed by atoms with van der Waals surface area (Å²) in [5, 5.41) is 13.0. The number of nitrogens with one attached hydrogen (secondary N) is 1. The van der Waals surface area contributed by atoms with Crippen LogP contribution in [0.2, 0.25) is 0 Å². The molecule has 0 saturated carbocycles. The molecule has 2 amide bonds. The predicted molar refractivity (Wildman–Crippen MR) is 203 cm³/mol. The Labute approximate surface area is 312 Å². The lowest BCUT2D eigenvalue weighted by Crippen LogP contribution is -2.54. The highest BCUT2D eigenvalue weighted by atomic mass is 16.5. The number of ketones is 2. The van der Waals surface area contributed by atoms with Gasteiger partial charge in [-0.25, -0.2) is 0 Å². The fourth-order valence-corrected chi connectivity index (χ4v) is 7.99. The molecule has 11 nitrogen and oxygen atoms in total. The van der Waals surface area contributed by atoms with Gasteiger partial charge in [-0.15, -0.1) is 0 Å². The highest BCUT2D eigenvalue weighted by Gasteiger charge is 2.43. The Bertz CT molecular complexity index is 1300. The summed E-state index contributed by atoms with van der Waals surface area (Å²) in [5.41, 5.74) is 0.851. The predicted octanol–water partition coefficient (Wildman–Crippen LogP) is 5.28. The fraction of sp³-hybridized carbons (Fsp3) is 0.732. The van der Waals surface area contributed by atoms with Crippen molar-refractivity contribution in [2.45, 2.75) is 124 Å². The van der Waals surface area contributed by atoms with E-state index in [1.807, 2.05) is 71.9 Å². The number of likely N-dealkylation sites (N-methyl/N-ethyl adjacent to an activating group) is 2. The molecule has 1 aromatic rings. The van der Waals surface area contributed by atoms with Gasteiger partial charge in [0.15, 0.2) is 5.78 Å². The second-order valence-electron chi connectivity index (χ2n) is 15.5. The van der Waals surface area contributed by atoms with Crippen molar-refractivity contribution in [2.75, 3.05) is 34.9 Å². The minimum absolute atomic E-state index is 0.00617. The van der Waals surface area contributed by atoms with E-state index >= 15 is 0 Å². The van der Waals surface area contributed by atoms with E-state index in [2.05, 4.69) is 5.32 Å². The van der Waals surface area contributed by atoms with Crippen LogP contribution >= 0.6 is 0 Å². The molecular weight excluding hydrogens is 662 g/mol. The number of carboxylic acids is 1. The Morgan fingerprint density at radius 1 is 0.923 bits per heavy atom. The number of hydrogen-bond acceptors (Lipinski definition) is 8. The molecule has 294 valence electrons. The van der Waals surface area contributed by atoms with Crippen LogP contribution < -0.4 is 5.32 Å². The Hall–Kier alpha value is -3.15. The molecule has 0 radical (unpaired) electrons. The molecule has 11 heteroatoms. The number of carbonyl (C=O) groups is 5. The second-order valence-corrected chi connectivity index (χ2v) is 15.5. The van der Waals surface area contributed by atoms with Gasteiger partial charge in [0.05, 0.1) is 42.7 Å². The van der Waals surface area contributed by atoms with Gasteiger partial charge in [-0.1, -0.05) is 85.2 Å². The van der Waals surface area contributed by atoms with Crippen molar-refractivity contribution in [3.63, 3.8) is 0 Å². The lowest BCUT2D eigenvalue weighted by Gasteiger charge is -2.41. The molecule has 1 heterocycles. The summed E-state index contributed by atoms with van der Waals surface area (Å²) in [6.45, 7) is 14.2. The summed E-state index contributed by atoms with van der Waals surface area (Å²) in [5.74, 6) is -3.54. The number of rotatable bonds is 23. The maximum atomic E-state index is 14.2. The molecule has 0 spiro atoms. The average Bonchev–Trinajstić information content (AvgIpc) is 3.59. The van der Waals surface area contributed by atoms with Gasteiger partial charge in [-0.3, -0.25) is 24.0 Å². The zero-order valence-corrected chi connectivity index (χ0v) is 33.6. The summed E-state index contributed by atoms with van der Waals surface area (Å²) >= 11 is 0. The van der Waals surface area contributed by atoms with E-state index in [-0.39, 0.29) is 78.9 Å². The van der Waals surface area contributed by atoms with E-state index in [0.29, 0.717) is 13.0 Å². The minimum atomic E-state index is -1.02. The van der Waals surface area contributed by atoms with Crippen molar-refractivity contribution in [3.8, 4) is 0 Å². The first kappa shape index (κ1) is 45.0. The standard InChI is InChI=1S/C41H67N3O8/c1-12-27(6)38(43(9)40(48)31(25(2)3)23-34(46)37(42-8)26(4)5)35(51-10)24-36(47)44-20-16-19-32(44)39(52-11)28(7)33(45)22-30(41(49)50)21-29-17-14-13-15-18-29/h13-15,17-18,25-28,30-32,35,37-39,42H,12,16,19-24H2,1-11H3,(H,49,50)/t27?,28-,30+,31-,32-,35?,37-,38-,39+/m0/s1. The Kier molecular flexibility index (Phi) is 18.6. The van der Waals surface area contributed by atoms with Crippen LogP contribution in [0.3, 0.4) is 0 Å². The van der Waals surface area contributed by atoms with Gasteiger partial charge in [0.25, 0.3) is 0 Å². The lowest BCUT2D eigenvalue weighted by atomic mass is 9.84. The molecule has 2 rings (SSSR count). The number of likely N-dealkylation sites (tertiary alicyclic amines) is 1. The van der Waals surface area contributed by atoms with Crippen LogP contribution in [0.15, 0.2) is 30.3 Å². The fourth-order valence-electron chi connectivity index (χ4n) is 7.99. The molecule has 1 fully saturated rings. The number of Topliss-reactive ketones (excluding diaryl/α,β-unsaturated/α-hetero) is 2. The lowest BCUT2D eigenvalue weighted by molar-refractivity contribution is -0.149. The maximum Gasteiger partial charge on any atom is 0.307 e. The molecule has 52 heavy (non-hydrogen) atoms. The van der Waals surface area contributed by atoms with E-state index in [1.54, 1.807) is 37.9 Å². The van der Waals surface area contributed by atoms with Crippen molar-refractivity contribution >= 4 is 29.4 Å². The molecular formula is C41H67N3O8. The third-order valence-corrected chi connectivity index (χ3v) is 11.3. The third kappa shape index (κ3) is 11.9. The summed E-state index contributed by atoms with van der Waals surface area (Å²) in [6.07, 6.45) is 1.16. The first-order chi connectivity index (χ1) is 24.5. The minimum Gasteiger partial charge on any atom is -0.481 e. The van der Waals surface area contributed by atoms with E-state index < -0.39 is 42.0 Å². The largest absolute Gasteiger partial charge is 0.481 e. The zero-order valence-electron chi connectivity index (χ0n) is 33.6. The number of methoxy groups -OCH3 is 2. The molecule has 0 aromatic heterocycles. The molecule has 2 unspecified atom stereocenters. The number of aliphatic carboxylic acids is 1. The molecule has 2 N–H and O–H groups in total. The average molecular weight is 730 g/mol. The Balaban J connectivity index is 2.26. The highest BCUT2D eigenvalue weighted by molar-refractivity contribution is 5.90. The molecule has 9 atom stereocenters. The number of carboxylic acid groups (broad SMARTS) is 1. The van der Waals surface area contributed by atoms with Crippen molar-refractivity contribution in [3.05, 3.63) is 35.9 Å². The normalized spacial score (nSPS) is 19.4. The van der Waals surface area contributed by atoms with E-state index in [9.17, 15) is 29.1 Å². The molecule has 1 aliphatic rings. The maximum absolute atomic E-state index is 14.2. The topological polar surface area (TPSA) is 143 Å². The summed E-state index contributed by atoms with van der Waals surface area (Å²) < 4.78 is 11.9. The summed E-state index contributed by atoms with van der Waals surface area (Å²) in [4.78, 5) is 70.8. The smallest absolute Gasteiger partial charge is 0.307 e. The van der Waals surface area contributed by atoms with Crippen molar-refractivity contribution in [1.29, 1.82) is 0 Å². The molecule has 0 aliphatic carbocycles. The number of nitrogens with zero attached hydrogens (tertiary/aromatic N) is 2. The number of hydrogen-bond donors (Lipinski definition) is 2. The van der Waals surface area contributed by atoms with Gasteiger partial charge in [0.1, 0.15) is 5.78 Å². The number of ether oxygens (including phenoxy) is 2. The molecule has 1 aliphatic heterocycles. The van der Waals surface area contributed by atoms with Gasteiger partial charge in [0.2, 0.25) is 11.8 Å². The van der Waals surface area contributed by atoms with Gasteiger partial charge >= 0.3 is 5.97 Å². The Morgan fingerprint density at radius 3 is 2.06 bits per heavy atom. The second kappa shape index (κ2) is 21.5. The van der Waals surface area contributed by atoms with Gasteiger partial charge in [0, 0.05) is 52.5 Å². The first-order valence-electron chi connectivity index (χ1n) is 19.1. The SMILES string of the molecule is CCC(C)[C@@H](C(CC(=O)N1CCC[C@H]1[C@H](OC)[C@@H](C)C(=O)C[C@@H](Cc1ccccc1)C(=O)O)OC)N(C)C(=O)[C@@H](CC(=O)[C@@H](NC)C(C)C)C(C)C. The van der Waals surface area contributed by atoms with E-state index in [4.69, 9.17) is 9.47 Å². The van der Waals surface area contributed by atoms with Gasteiger partial charge in [-0.05, 0) is 49.6 Å². The van der Waals surface area contributed by atoms with Crippen LogP contribution in [0.1, 0.15) is 92.6 Å². The van der Waals surface area contributed by atoms with Crippen LogP contribution in [0, 0.1) is 35.5 Å². The van der Waals surface area contributed by atoms with Crippen molar-refractivity contribution in [1.82, 2.24) is 15.1 Å². The molecule has 1 aromatic carbocycles. The van der Waals surface area contributed by atoms with E-state index in [0.717, 1.165) is 18.4 Å². The van der Waals surface area contributed by atoms with Gasteiger partial charge < -0.3 is 29.7 Å². The van der Waals surface area contributed by atoms with Crippen molar-refractivity contribution in [2.24, 2.45) is 35.5 Å². The quantitative estimate of drug-likeness (QED) is 0.154. The zero-order chi connectivity index (χ0) is 39.3. The van der Waals surface area contributed by atoms with Crippen LogP contribution in [-0.4, -0.2) is 109 Å². The number of carbonyl (C=O) groups excluding carboxylic acids is 4. The van der Waals surface area contributed by atoms with Crippen molar-refractivity contribution < 1.29 is 38.6 Å². The number of benzene rings is 1. The van der Waals surface area contributed by atoms with Gasteiger partial charge in [-0.2, -0.15) is 0 Å². The first-order valence-corrected chi connectivity index (χ1v) is 19.1. The highest BCUT2D eigenvalue weighted by Crippen LogP contribution is 2.31. The van der Waals surface area contributed by atoms with Crippen LogP contribution in [0.25, 0.3) is 0 Å².